The van der Waals surface area contributed by atoms with Crippen molar-refractivity contribution in [3.05, 3.63) is 0 Å². The molecule has 1 N–H and O–H groups in total. The van der Waals surface area contributed by atoms with E-state index in [1.807, 2.05) is 0 Å². The van der Waals surface area contributed by atoms with Crippen LogP contribution in [-0.2, 0) is 0 Å². The smallest absolute Gasteiger partial charge is 0.00671 e. The Hall–Kier alpha value is -0.0400. The monoisotopic (exact) mass is 307 g/mol. The fourth-order valence-electron chi connectivity index (χ4n) is 4.45. The van der Waals surface area contributed by atoms with E-state index >= 15 is 0 Å². The van der Waals surface area contributed by atoms with Gasteiger partial charge >= 0.3 is 0 Å². The molecule has 2 aliphatic carbocycles. The van der Waals surface area contributed by atoms with Gasteiger partial charge in [0.2, 0.25) is 0 Å². The molecule has 0 heterocycles. The van der Waals surface area contributed by atoms with Gasteiger partial charge < -0.3 is 5.32 Å². The molecule has 0 amide bonds. The number of hydrogen-bond donors (Lipinski definition) is 1. The molecule has 0 radical (unpaired) electrons. The normalized spacial score (nSPS) is 25.6. The van der Waals surface area contributed by atoms with Gasteiger partial charge in [-0.3, -0.25) is 0 Å². The van der Waals surface area contributed by atoms with Gasteiger partial charge in [0, 0.05) is 6.04 Å². The Kier molecular flexibility index (Phi) is 10.3. The molecule has 0 saturated heterocycles. The predicted molar refractivity (Wildman–Crippen MR) is 98.4 cm³/mol. The first-order chi connectivity index (χ1) is 10.9. The topological polar surface area (TPSA) is 12.0 Å². The van der Waals surface area contributed by atoms with Crippen molar-refractivity contribution in [2.24, 2.45) is 5.92 Å². The van der Waals surface area contributed by atoms with Crippen molar-refractivity contribution in [1.82, 2.24) is 5.32 Å². The van der Waals surface area contributed by atoms with Crippen LogP contribution in [0.15, 0.2) is 0 Å². The van der Waals surface area contributed by atoms with Gasteiger partial charge in [0.15, 0.2) is 0 Å². The van der Waals surface area contributed by atoms with E-state index in [9.17, 15) is 0 Å². The van der Waals surface area contributed by atoms with E-state index in [0.29, 0.717) is 0 Å². The quantitative estimate of drug-likeness (QED) is 0.618. The molecule has 1 heteroatoms. The maximum absolute atomic E-state index is 3.99. The van der Waals surface area contributed by atoms with Gasteiger partial charge in [-0.1, -0.05) is 89.9 Å². The Morgan fingerprint density at radius 3 is 1.27 bits per heavy atom. The molecular weight excluding hydrogens is 266 g/mol. The number of nitrogens with one attached hydrogen (secondary N) is 1. The van der Waals surface area contributed by atoms with Crippen LogP contribution < -0.4 is 5.32 Å². The van der Waals surface area contributed by atoms with Crippen molar-refractivity contribution in [1.29, 1.82) is 0 Å². The summed E-state index contributed by atoms with van der Waals surface area (Å²) in [6.07, 6.45) is 26.6. The molecule has 2 rings (SSSR count). The van der Waals surface area contributed by atoms with Gasteiger partial charge in [-0.15, -0.1) is 0 Å². The van der Waals surface area contributed by atoms with Crippen LogP contribution in [0.4, 0.5) is 0 Å². The maximum Gasteiger partial charge on any atom is 0.00671 e. The van der Waals surface area contributed by atoms with E-state index in [1.165, 1.54) is 122 Å². The van der Waals surface area contributed by atoms with Gasteiger partial charge in [-0.2, -0.15) is 0 Å². The summed E-state index contributed by atoms with van der Waals surface area (Å²) in [5.41, 5.74) is 0. The number of hydrogen-bond acceptors (Lipinski definition) is 1. The van der Waals surface area contributed by atoms with Crippen LogP contribution in [0.2, 0.25) is 0 Å². The summed E-state index contributed by atoms with van der Waals surface area (Å²) in [6.45, 7) is 1.31. The van der Waals surface area contributed by atoms with Crippen molar-refractivity contribution in [2.75, 3.05) is 6.54 Å². The highest BCUT2D eigenvalue weighted by atomic mass is 14.9. The highest BCUT2D eigenvalue weighted by Gasteiger charge is 2.14. The lowest BCUT2D eigenvalue weighted by Crippen LogP contribution is -2.33. The van der Waals surface area contributed by atoms with Gasteiger partial charge in [-0.05, 0) is 38.1 Å². The van der Waals surface area contributed by atoms with Crippen molar-refractivity contribution in [3.63, 3.8) is 0 Å². The van der Waals surface area contributed by atoms with Crippen molar-refractivity contribution in [2.45, 2.75) is 122 Å². The first-order valence-electron chi connectivity index (χ1n) is 10.7. The zero-order valence-corrected chi connectivity index (χ0v) is 15.1. The van der Waals surface area contributed by atoms with Crippen LogP contribution in [0.3, 0.4) is 0 Å². The molecule has 2 fully saturated rings. The second-order valence-corrected chi connectivity index (χ2v) is 8.08. The minimum Gasteiger partial charge on any atom is -0.314 e. The van der Waals surface area contributed by atoms with Crippen LogP contribution in [0.1, 0.15) is 116 Å². The van der Waals surface area contributed by atoms with Crippen LogP contribution in [-0.4, -0.2) is 12.6 Å². The molecule has 0 aliphatic heterocycles. The molecule has 0 aromatic carbocycles. The Bertz CT molecular complexity index is 228. The lowest BCUT2D eigenvalue weighted by molar-refractivity contribution is 0.345. The Morgan fingerprint density at radius 2 is 0.818 bits per heavy atom. The molecule has 0 bridgehead atoms. The van der Waals surface area contributed by atoms with Crippen molar-refractivity contribution in [3.8, 4) is 0 Å². The molecule has 0 aromatic rings. The summed E-state index contributed by atoms with van der Waals surface area (Å²) >= 11 is 0. The van der Waals surface area contributed by atoms with Crippen LogP contribution >= 0.6 is 0 Å². The lowest BCUT2D eigenvalue weighted by Gasteiger charge is -2.23. The summed E-state index contributed by atoms with van der Waals surface area (Å²) in [4.78, 5) is 0. The first kappa shape index (κ1) is 18.3. The van der Waals surface area contributed by atoms with Gasteiger partial charge in [-0.25, -0.2) is 0 Å². The standard InChI is InChI=1S/C21H41N/c1-2-4-8-12-16-20(15-11-7-3-1)19-22-21-17-13-9-5-6-10-14-18-21/h20-22H,1-19H2. The van der Waals surface area contributed by atoms with Crippen LogP contribution in [0.5, 0.6) is 0 Å². The fraction of sp³-hybridized carbons (Fsp3) is 1.00. The summed E-state index contributed by atoms with van der Waals surface area (Å²) in [7, 11) is 0. The lowest BCUT2D eigenvalue weighted by atomic mass is 9.94. The van der Waals surface area contributed by atoms with Gasteiger partial charge in [0.1, 0.15) is 0 Å². The molecule has 0 unspecified atom stereocenters. The maximum atomic E-state index is 3.99. The second-order valence-electron chi connectivity index (χ2n) is 8.08. The van der Waals surface area contributed by atoms with Crippen molar-refractivity contribution < 1.29 is 0 Å². The summed E-state index contributed by atoms with van der Waals surface area (Å²) in [6, 6.07) is 0.830. The van der Waals surface area contributed by atoms with E-state index in [2.05, 4.69) is 5.32 Å². The van der Waals surface area contributed by atoms with E-state index in [0.717, 1.165) is 12.0 Å². The van der Waals surface area contributed by atoms with Crippen LogP contribution in [0.25, 0.3) is 0 Å². The zero-order chi connectivity index (χ0) is 15.3. The van der Waals surface area contributed by atoms with Gasteiger partial charge in [0.25, 0.3) is 0 Å². The molecule has 0 atom stereocenters. The summed E-state index contributed by atoms with van der Waals surface area (Å²) in [5.74, 6) is 0.964. The molecule has 22 heavy (non-hydrogen) atoms. The number of rotatable bonds is 3. The zero-order valence-electron chi connectivity index (χ0n) is 15.1. The SMILES string of the molecule is C1CCCCCC(CNC2CCCCCCCC2)CCCC1. The van der Waals surface area contributed by atoms with E-state index in [1.54, 1.807) is 0 Å². The molecule has 2 saturated carbocycles. The van der Waals surface area contributed by atoms with E-state index < -0.39 is 0 Å². The molecular formula is C21H41N. The Labute approximate surface area is 140 Å². The Morgan fingerprint density at radius 1 is 0.455 bits per heavy atom. The molecule has 0 spiro atoms. The summed E-state index contributed by atoms with van der Waals surface area (Å²) < 4.78 is 0. The highest BCUT2D eigenvalue weighted by Crippen LogP contribution is 2.22. The third-order valence-electron chi connectivity index (χ3n) is 6.03. The largest absolute Gasteiger partial charge is 0.314 e. The summed E-state index contributed by atoms with van der Waals surface area (Å²) in [5, 5.41) is 3.99. The third-order valence-corrected chi connectivity index (χ3v) is 6.03. The second kappa shape index (κ2) is 12.4. The first-order valence-corrected chi connectivity index (χ1v) is 10.7. The molecule has 130 valence electrons. The van der Waals surface area contributed by atoms with E-state index in [-0.39, 0.29) is 0 Å². The minimum atomic E-state index is 0.830. The van der Waals surface area contributed by atoms with E-state index in [4.69, 9.17) is 0 Å². The highest BCUT2D eigenvalue weighted by molar-refractivity contribution is 4.72. The third kappa shape index (κ3) is 8.56. The van der Waals surface area contributed by atoms with Crippen molar-refractivity contribution >= 4 is 0 Å². The average Bonchev–Trinajstić information content (AvgIpc) is 2.62. The Balaban J connectivity index is 1.68. The minimum absolute atomic E-state index is 0.830. The van der Waals surface area contributed by atoms with Crippen LogP contribution in [0, 0.1) is 5.92 Å². The molecule has 1 nitrogen and oxygen atoms in total. The fourth-order valence-corrected chi connectivity index (χ4v) is 4.45. The molecule has 2 aliphatic rings. The molecule has 0 aromatic heterocycles. The predicted octanol–water partition coefficient (Wildman–Crippen LogP) is 6.61. The average molecular weight is 308 g/mol. The van der Waals surface area contributed by atoms with Gasteiger partial charge in [0.05, 0.1) is 0 Å².